The number of anilines is 2. The molecule has 0 unspecified atom stereocenters. The van der Waals surface area contributed by atoms with Crippen LogP contribution in [-0.4, -0.2) is 27.3 Å². The highest BCUT2D eigenvalue weighted by atomic mass is 32.1. The van der Waals surface area contributed by atoms with E-state index in [4.69, 9.17) is 4.74 Å². The van der Waals surface area contributed by atoms with Crippen LogP contribution in [0.25, 0.3) is 22.3 Å². The summed E-state index contributed by atoms with van der Waals surface area (Å²) in [5.41, 5.74) is 4.94. The van der Waals surface area contributed by atoms with Gasteiger partial charge in [0.05, 0.1) is 23.9 Å². The van der Waals surface area contributed by atoms with E-state index >= 15 is 0 Å². The molecule has 0 spiro atoms. The molecule has 0 saturated heterocycles. The largest absolute Gasteiger partial charge is 0.495 e. The van der Waals surface area contributed by atoms with E-state index in [0.29, 0.717) is 11.6 Å². The molecule has 148 valence electrons. The van der Waals surface area contributed by atoms with Crippen molar-refractivity contribution >= 4 is 33.9 Å². The zero-order valence-electron chi connectivity index (χ0n) is 16.3. The first-order chi connectivity index (χ1) is 14.3. The third-order valence-corrected chi connectivity index (χ3v) is 6.40. The fraction of sp³-hybridized carbons (Fsp3) is 0.318. The van der Waals surface area contributed by atoms with Gasteiger partial charge in [-0.1, -0.05) is 25.3 Å². The molecule has 0 bridgehead atoms. The molecule has 29 heavy (non-hydrogen) atoms. The Morgan fingerprint density at radius 2 is 2.03 bits per heavy atom. The summed E-state index contributed by atoms with van der Waals surface area (Å²) in [6, 6.07) is 8.54. The lowest BCUT2D eigenvalue weighted by Gasteiger charge is -2.23. The summed E-state index contributed by atoms with van der Waals surface area (Å²) in [6.07, 6.45) is 8.03. The van der Waals surface area contributed by atoms with Gasteiger partial charge in [-0.05, 0) is 47.9 Å². The fourth-order valence-corrected chi connectivity index (χ4v) is 4.85. The number of aromatic amines is 1. The Morgan fingerprint density at radius 1 is 1.14 bits per heavy atom. The molecule has 0 atom stereocenters. The second-order valence-corrected chi connectivity index (χ2v) is 8.23. The van der Waals surface area contributed by atoms with Crippen LogP contribution in [0.2, 0.25) is 0 Å². The molecule has 3 heterocycles. The van der Waals surface area contributed by atoms with Crippen LogP contribution in [0.15, 0.2) is 41.4 Å². The van der Waals surface area contributed by atoms with Crippen LogP contribution in [0.1, 0.15) is 43.6 Å². The van der Waals surface area contributed by atoms with Crippen molar-refractivity contribution in [1.82, 2.24) is 20.2 Å². The van der Waals surface area contributed by atoms with Crippen molar-refractivity contribution in [3.8, 4) is 17.0 Å². The number of thiophene rings is 1. The number of hydrogen-bond donors (Lipinski definition) is 2. The second-order valence-electron chi connectivity index (χ2n) is 7.45. The van der Waals surface area contributed by atoms with E-state index in [2.05, 4.69) is 60.5 Å². The minimum atomic E-state index is 0.621. The molecule has 1 saturated carbocycles. The monoisotopic (exact) mass is 405 g/mol. The molecule has 6 nitrogen and oxygen atoms in total. The quantitative estimate of drug-likeness (QED) is 0.433. The van der Waals surface area contributed by atoms with E-state index in [1.807, 2.05) is 0 Å². The molecular formula is C22H23N5OS. The van der Waals surface area contributed by atoms with Crippen LogP contribution in [0.4, 0.5) is 11.5 Å². The molecule has 1 fully saturated rings. The van der Waals surface area contributed by atoms with E-state index in [-0.39, 0.29) is 0 Å². The highest BCUT2D eigenvalue weighted by Crippen LogP contribution is 2.38. The summed E-state index contributed by atoms with van der Waals surface area (Å²) >= 11 is 1.65. The third-order valence-electron chi connectivity index (χ3n) is 5.71. The Bertz CT molecular complexity index is 1120. The Balaban J connectivity index is 1.56. The smallest absolute Gasteiger partial charge is 0.186 e. The van der Waals surface area contributed by atoms with Crippen molar-refractivity contribution in [3.63, 3.8) is 0 Å². The number of benzene rings is 1. The van der Waals surface area contributed by atoms with Gasteiger partial charge in [-0.25, -0.2) is 9.97 Å². The summed E-state index contributed by atoms with van der Waals surface area (Å²) in [5.74, 6) is 2.15. The van der Waals surface area contributed by atoms with Gasteiger partial charge in [0, 0.05) is 10.9 Å². The van der Waals surface area contributed by atoms with Crippen molar-refractivity contribution in [2.75, 3.05) is 12.4 Å². The second kappa shape index (κ2) is 7.83. The van der Waals surface area contributed by atoms with Gasteiger partial charge >= 0.3 is 0 Å². The maximum atomic E-state index is 5.63. The number of methoxy groups -OCH3 is 1. The SMILES string of the molecule is COc1ccc(C2CCCCC2)cc1Nc1ncnc2n[nH]c(-c3ccsc3)c12. The number of nitrogens with zero attached hydrogens (tertiary/aromatic N) is 3. The predicted octanol–water partition coefficient (Wildman–Crippen LogP) is 5.88. The van der Waals surface area contributed by atoms with Crippen molar-refractivity contribution < 1.29 is 4.74 Å². The van der Waals surface area contributed by atoms with Crippen molar-refractivity contribution in [3.05, 3.63) is 46.9 Å². The minimum Gasteiger partial charge on any atom is -0.495 e. The van der Waals surface area contributed by atoms with Gasteiger partial charge in [-0.15, -0.1) is 0 Å². The van der Waals surface area contributed by atoms with Gasteiger partial charge in [0.15, 0.2) is 5.65 Å². The number of H-pyrrole nitrogens is 1. The van der Waals surface area contributed by atoms with Gasteiger partial charge in [-0.3, -0.25) is 5.10 Å². The standard InChI is InChI=1S/C22H23N5OS/c1-28-18-8-7-15(14-5-3-2-4-6-14)11-17(18)25-21-19-20(16-9-10-29-12-16)26-27-22(19)24-13-23-21/h7-14H,2-6H2,1H3,(H2,23,24,25,26,27). The summed E-state index contributed by atoms with van der Waals surface area (Å²) in [6.45, 7) is 0. The van der Waals surface area contributed by atoms with Crippen molar-refractivity contribution in [2.45, 2.75) is 38.0 Å². The molecule has 1 aliphatic carbocycles. The normalized spacial score (nSPS) is 14.9. The lowest BCUT2D eigenvalue weighted by molar-refractivity contribution is 0.415. The summed E-state index contributed by atoms with van der Waals surface area (Å²) in [5, 5.41) is 16.0. The molecule has 3 aromatic heterocycles. The maximum absolute atomic E-state index is 5.63. The van der Waals surface area contributed by atoms with Crippen LogP contribution in [0.3, 0.4) is 0 Å². The molecule has 0 radical (unpaired) electrons. The fourth-order valence-electron chi connectivity index (χ4n) is 4.21. The van der Waals surface area contributed by atoms with Crippen LogP contribution in [0.5, 0.6) is 5.75 Å². The molecule has 4 aromatic rings. The molecule has 7 heteroatoms. The Hall–Kier alpha value is -2.93. The van der Waals surface area contributed by atoms with E-state index in [1.54, 1.807) is 24.8 Å². The lowest BCUT2D eigenvalue weighted by Crippen LogP contribution is -2.06. The summed E-state index contributed by atoms with van der Waals surface area (Å²) < 4.78 is 5.63. The highest BCUT2D eigenvalue weighted by Gasteiger charge is 2.19. The number of hydrogen-bond acceptors (Lipinski definition) is 6. The van der Waals surface area contributed by atoms with Crippen molar-refractivity contribution in [2.24, 2.45) is 0 Å². The molecule has 0 aliphatic heterocycles. The predicted molar refractivity (Wildman–Crippen MR) is 117 cm³/mol. The topological polar surface area (TPSA) is 75.7 Å². The first-order valence-electron chi connectivity index (χ1n) is 10.00. The van der Waals surface area contributed by atoms with Crippen molar-refractivity contribution in [1.29, 1.82) is 0 Å². The van der Waals surface area contributed by atoms with Crippen LogP contribution in [-0.2, 0) is 0 Å². The first-order valence-corrected chi connectivity index (χ1v) is 10.9. The zero-order valence-corrected chi connectivity index (χ0v) is 17.1. The number of rotatable bonds is 5. The first kappa shape index (κ1) is 18.1. The summed E-state index contributed by atoms with van der Waals surface area (Å²) in [4.78, 5) is 8.85. The van der Waals surface area contributed by atoms with Gasteiger partial charge < -0.3 is 10.1 Å². The lowest BCUT2D eigenvalue weighted by atomic mass is 9.84. The Morgan fingerprint density at radius 3 is 2.83 bits per heavy atom. The molecule has 2 N–H and O–H groups in total. The zero-order chi connectivity index (χ0) is 19.6. The van der Waals surface area contributed by atoms with Gasteiger partial charge in [-0.2, -0.15) is 16.4 Å². The maximum Gasteiger partial charge on any atom is 0.186 e. The van der Waals surface area contributed by atoms with E-state index < -0.39 is 0 Å². The highest BCUT2D eigenvalue weighted by molar-refractivity contribution is 7.08. The average molecular weight is 406 g/mol. The van der Waals surface area contributed by atoms with Gasteiger partial charge in [0.1, 0.15) is 17.9 Å². The van der Waals surface area contributed by atoms with E-state index in [1.165, 1.54) is 37.7 Å². The van der Waals surface area contributed by atoms with Crippen LogP contribution in [0, 0.1) is 0 Å². The van der Waals surface area contributed by atoms with Gasteiger partial charge in [0.25, 0.3) is 0 Å². The average Bonchev–Trinajstić information content (AvgIpc) is 3.44. The molecule has 1 aliphatic rings. The molecule has 0 amide bonds. The molecule has 5 rings (SSSR count). The molecular weight excluding hydrogens is 382 g/mol. The van der Waals surface area contributed by atoms with Gasteiger partial charge in [0.2, 0.25) is 0 Å². The number of aromatic nitrogens is 4. The summed E-state index contributed by atoms with van der Waals surface area (Å²) in [7, 11) is 1.70. The van der Waals surface area contributed by atoms with Crippen LogP contribution < -0.4 is 10.1 Å². The van der Waals surface area contributed by atoms with Crippen LogP contribution >= 0.6 is 11.3 Å². The Labute approximate surface area is 173 Å². The molecule has 1 aromatic carbocycles. The number of ether oxygens (including phenoxy) is 1. The minimum absolute atomic E-state index is 0.621. The van der Waals surface area contributed by atoms with E-state index in [0.717, 1.165) is 33.9 Å². The number of nitrogens with one attached hydrogen (secondary N) is 2. The number of fused-ring (bicyclic) bond motifs is 1. The van der Waals surface area contributed by atoms with E-state index in [9.17, 15) is 0 Å². The third kappa shape index (κ3) is 3.46. The Kier molecular flexibility index (Phi) is 4.89.